The summed E-state index contributed by atoms with van der Waals surface area (Å²) in [6, 6.07) is 7.07. The lowest BCUT2D eigenvalue weighted by Gasteiger charge is -2.11. The highest BCUT2D eigenvalue weighted by atomic mass is 79.9. The fraction of sp³-hybridized carbons (Fsp3) is 0.429. The van der Waals surface area contributed by atoms with Crippen LogP contribution in [0.3, 0.4) is 0 Å². The van der Waals surface area contributed by atoms with Gasteiger partial charge in [-0.15, -0.1) is 0 Å². The Morgan fingerprint density at radius 1 is 1.20 bits per heavy atom. The number of amides is 2. The topological polar surface area (TPSA) is 70.2 Å². The van der Waals surface area contributed by atoms with E-state index < -0.39 is 0 Å². The summed E-state index contributed by atoms with van der Waals surface area (Å²) >= 11 is 3.32. The van der Waals surface area contributed by atoms with Crippen molar-refractivity contribution >= 4 is 27.7 Å². The van der Waals surface area contributed by atoms with E-state index in [0.717, 1.165) is 23.9 Å². The van der Waals surface area contributed by atoms with Crippen molar-refractivity contribution in [1.29, 1.82) is 0 Å². The van der Waals surface area contributed by atoms with Gasteiger partial charge in [0.2, 0.25) is 5.91 Å². The van der Waals surface area contributed by atoms with Gasteiger partial charge in [0.05, 0.1) is 6.04 Å². The van der Waals surface area contributed by atoms with Crippen molar-refractivity contribution in [1.82, 2.24) is 16.0 Å². The molecular formula is C14H18BrN3O2. The number of carbonyl (C=O) groups is 2. The second kappa shape index (κ2) is 7.40. The van der Waals surface area contributed by atoms with Crippen molar-refractivity contribution in [2.24, 2.45) is 0 Å². The molecule has 0 saturated carbocycles. The standard InChI is InChI=1S/C14H18BrN3O2/c15-11-5-3-10(4-6-11)13(19)17-8-9-18-14(20)12-2-1-7-16-12/h3-6,12,16H,1-2,7-9H2,(H,17,19)(H,18,20). The molecule has 108 valence electrons. The smallest absolute Gasteiger partial charge is 0.251 e. The summed E-state index contributed by atoms with van der Waals surface area (Å²) in [7, 11) is 0. The Bertz CT molecular complexity index is 470. The summed E-state index contributed by atoms with van der Waals surface area (Å²) in [4.78, 5) is 23.5. The van der Waals surface area contributed by atoms with Crippen LogP contribution < -0.4 is 16.0 Å². The van der Waals surface area contributed by atoms with Gasteiger partial charge in [0.1, 0.15) is 0 Å². The number of hydrogen-bond acceptors (Lipinski definition) is 3. The third kappa shape index (κ3) is 4.31. The van der Waals surface area contributed by atoms with E-state index in [0.29, 0.717) is 18.7 Å². The van der Waals surface area contributed by atoms with E-state index in [-0.39, 0.29) is 17.9 Å². The summed E-state index contributed by atoms with van der Waals surface area (Å²) < 4.78 is 0.936. The molecule has 1 heterocycles. The molecule has 0 spiro atoms. The molecule has 1 aliphatic heterocycles. The van der Waals surface area contributed by atoms with Crippen LogP contribution in [-0.2, 0) is 4.79 Å². The maximum Gasteiger partial charge on any atom is 0.251 e. The number of rotatable bonds is 5. The van der Waals surface area contributed by atoms with Crippen molar-refractivity contribution in [3.8, 4) is 0 Å². The zero-order valence-corrected chi connectivity index (χ0v) is 12.7. The van der Waals surface area contributed by atoms with E-state index in [9.17, 15) is 9.59 Å². The second-order valence-electron chi connectivity index (χ2n) is 4.70. The van der Waals surface area contributed by atoms with Gasteiger partial charge in [-0.3, -0.25) is 9.59 Å². The van der Waals surface area contributed by atoms with Crippen LogP contribution in [-0.4, -0.2) is 37.5 Å². The van der Waals surface area contributed by atoms with Crippen LogP contribution in [0.15, 0.2) is 28.7 Å². The van der Waals surface area contributed by atoms with E-state index in [4.69, 9.17) is 0 Å². The van der Waals surface area contributed by atoms with E-state index in [2.05, 4.69) is 31.9 Å². The van der Waals surface area contributed by atoms with Gasteiger partial charge >= 0.3 is 0 Å². The van der Waals surface area contributed by atoms with Gasteiger partial charge in [-0.1, -0.05) is 15.9 Å². The van der Waals surface area contributed by atoms with Gasteiger partial charge in [-0.25, -0.2) is 0 Å². The van der Waals surface area contributed by atoms with Crippen molar-refractivity contribution in [2.75, 3.05) is 19.6 Å². The summed E-state index contributed by atoms with van der Waals surface area (Å²) in [5.74, 6) is -0.119. The quantitative estimate of drug-likeness (QED) is 0.702. The van der Waals surface area contributed by atoms with Crippen molar-refractivity contribution in [3.05, 3.63) is 34.3 Å². The van der Waals surface area contributed by atoms with Crippen LogP contribution in [0.5, 0.6) is 0 Å². The molecule has 0 aromatic heterocycles. The van der Waals surface area contributed by atoms with Gasteiger partial charge in [-0.05, 0) is 43.7 Å². The molecule has 0 radical (unpaired) electrons. The first kappa shape index (κ1) is 15.0. The zero-order valence-electron chi connectivity index (χ0n) is 11.1. The fourth-order valence-corrected chi connectivity index (χ4v) is 2.36. The highest BCUT2D eigenvalue weighted by Gasteiger charge is 2.21. The average Bonchev–Trinajstić information content (AvgIpc) is 2.98. The maximum atomic E-state index is 11.8. The molecule has 20 heavy (non-hydrogen) atoms. The second-order valence-corrected chi connectivity index (χ2v) is 5.62. The van der Waals surface area contributed by atoms with E-state index in [1.807, 2.05) is 12.1 Å². The van der Waals surface area contributed by atoms with Crippen molar-refractivity contribution in [3.63, 3.8) is 0 Å². The minimum atomic E-state index is -0.134. The number of halogens is 1. The monoisotopic (exact) mass is 339 g/mol. The lowest BCUT2D eigenvalue weighted by Crippen LogP contribution is -2.43. The number of hydrogen-bond donors (Lipinski definition) is 3. The first-order chi connectivity index (χ1) is 9.66. The molecule has 0 aliphatic carbocycles. The van der Waals surface area contributed by atoms with Gasteiger partial charge < -0.3 is 16.0 Å². The lowest BCUT2D eigenvalue weighted by molar-refractivity contribution is -0.122. The van der Waals surface area contributed by atoms with Gasteiger partial charge in [0, 0.05) is 23.1 Å². The number of nitrogens with one attached hydrogen (secondary N) is 3. The molecule has 1 aromatic rings. The molecular weight excluding hydrogens is 322 g/mol. The molecule has 3 N–H and O–H groups in total. The summed E-state index contributed by atoms with van der Waals surface area (Å²) in [6.07, 6.45) is 1.93. The van der Waals surface area contributed by atoms with Crippen LogP contribution in [0.1, 0.15) is 23.2 Å². The van der Waals surface area contributed by atoms with Gasteiger partial charge in [0.25, 0.3) is 5.91 Å². The summed E-state index contributed by atoms with van der Waals surface area (Å²) in [5, 5.41) is 8.73. The minimum Gasteiger partial charge on any atom is -0.353 e. The number of carbonyl (C=O) groups excluding carboxylic acids is 2. The Labute approximate surface area is 126 Å². The molecule has 5 nitrogen and oxygen atoms in total. The molecule has 1 atom stereocenters. The van der Waals surface area contributed by atoms with Crippen molar-refractivity contribution in [2.45, 2.75) is 18.9 Å². The van der Waals surface area contributed by atoms with Crippen LogP contribution in [0.25, 0.3) is 0 Å². The third-order valence-electron chi connectivity index (χ3n) is 3.19. The van der Waals surface area contributed by atoms with Crippen molar-refractivity contribution < 1.29 is 9.59 Å². The van der Waals surface area contributed by atoms with E-state index in [1.54, 1.807) is 12.1 Å². The first-order valence-electron chi connectivity index (χ1n) is 6.71. The van der Waals surface area contributed by atoms with Crippen LogP contribution >= 0.6 is 15.9 Å². The first-order valence-corrected chi connectivity index (χ1v) is 7.51. The predicted octanol–water partition coefficient (Wildman–Crippen LogP) is 1.05. The molecule has 1 aliphatic rings. The molecule has 0 bridgehead atoms. The fourth-order valence-electron chi connectivity index (χ4n) is 2.10. The molecule has 1 saturated heterocycles. The average molecular weight is 340 g/mol. The molecule has 6 heteroatoms. The minimum absolute atomic E-state index is 0.0143. The highest BCUT2D eigenvalue weighted by molar-refractivity contribution is 9.10. The van der Waals surface area contributed by atoms with E-state index in [1.165, 1.54) is 0 Å². The van der Waals surface area contributed by atoms with Crippen LogP contribution in [0.4, 0.5) is 0 Å². The van der Waals surface area contributed by atoms with E-state index >= 15 is 0 Å². The molecule has 2 amide bonds. The Balaban J connectivity index is 1.66. The molecule has 1 unspecified atom stereocenters. The highest BCUT2D eigenvalue weighted by Crippen LogP contribution is 2.10. The normalized spacial score (nSPS) is 17.8. The zero-order chi connectivity index (χ0) is 14.4. The molecule has 1 aromatic carbocycles. The predicted molar refractivity (Wildman–Crippen MR) is 80.5 cm³/mol. The lowest BCUT2D eigenvalue weighted by atomic mass is 10.2. The Hall–Kier alpha value is -1.40. The maximum absolute atomic E-state index is 11.8. The number of benzene rings is 1. The van der Waals surface area contributed by atoms with Crippen LogP contribution in [0.2, 0.25) is 0 Å². The molecule has 2 rings (SSSR count). The van der Waals surface area contributed by atoms with Gasteiger partial charge in [-0.2, -0.15) is 0 Å². The summed E-state index contributed by atoms with van der Waals surface area (Å²) in [6.45, 7) is 1.77. The molecule has 1 fully saturated rings. The van der Waals surface area contributed by atoms with Gasteiger partial charge in [0.15, 0.2) is 0 Å². The Morgan fingerprint density at radius 3 is 2.55 bits per heavy atom. The Morgan fingerprint density at radius 2 is 1.90 bits per heavy atom. The summed E-state index contributed by atoms with van der Waals surface area (Å²) in [5.41, 5.74) is 0.608. The Kier molecular flexibility index (Phi) is 5.55. The largest absolute Gasteiger partial charge is 0.353 e. The van der Waals surface area contributed by atoms with Crippen LogP contribution in [0, 0.1) is 0 Å². The third-order valence-corrected chi connectivity index (χ3v) is 3.72. The SMILES string of the molecule is O=C(NCCNC(=O)C1CCCN1)c1ccc(Br)cc1.